The molecule has 1 aromatic heterocycles. The van der Waals surface area contributed by atoms with Crippen molar-refractivity contribution in [2.24, 2.45) is 0 Å². The summed E-state index contributed by atoms with van der Waals surface area (Å²) in [6.07, 6.45) is -0.810. The van der Waals surface area contributed by atoms with Crippen molar-refractivity contribution in [2.45, 2.75) is 31.5 Å². The van der Waals surface area contributed by atoms with Crippen LogP contribution in [0.4, 0.5) is 4.39 Å². The molecule has 3 atom stereocenters. The fraction of sp³-hybridized carbons (Fsp3) is 0.308. The maximum absolute atomic E-state index is 13.4. The lowest BCUT2D eigenvalue weighted by Crippen LogP contribution is -2.49. The second-order valence-electron chi connectivity index (χ2n) is 8.79. The van der Waals surface area contributed by atoms with Crippen LogP contribution in [-0.4, -0.2) is 65.1 Å². The highest BCUT2D eigenvalue weighted by Gasteiger charge is 2.39. The molecule has 1 saturated heterocycles. The van der Waals surface area contributed by atoms with E-state index in [2.05, 4.69) is 15.6 Å². The van der Waals surface area contributed by atoms with E-state index in [0.717, 1.165) is 0 Å². The topological polar surface area (TPSA) is 121 Å². The molecule has 3 unspecified atom stereocenters. The third kappa shape index (κ3) is 5.98. The van der Waals surface area contributed by atoms with Crippen LogP contribution >= 0.6 is 11.6 Å². The van der Waals surface area contributed by atoms with Gasteiger partial charge in [0.15, 0.2) is 0 Å². The quantitative estimate of drug-likeness (QED) is 0.433. The second-order valence-corrected chi connectivity index (χ2v) is 9.19. The molecule has 1 aliphatic heterocycles. The Morgan fingerprint density at radius 3 is 2.73 bits per heavy atom. The highest BCUT2D eigenvalue weighted by molar-refractivity contribution is 6.31. The number of fused-ring (bicyclic) bond motifs is 1. The van der Waals surface area contributed by atoms with Gasteiger partial charge in [0, 0.05) is 23.4 Å². The lowest BCUT2D eigenvalue weighted by Gasteiger charge is -2.26. The zero-order valence-corrected chi connectivity index (χ0v) is 21.0. The zero-order valence-electron chi connectivity index (χ0n) is 20.2. The van der Waals surface area contributed by atoms with Crippen LogP contribution in [0.15, 0.2) is 48.5 Å². The van der Waals surface area contributed by atoms with Crippen LogP contribution in [0.5, 0.6) is 5.75 Å². The van der Waals surface area contributed by atoms with Crippen molar-refractivity contribution >= 4 is 40.2 Å². The van der Waals surface area contributed by atoms with Crippen LogP contribution in [-0.2, 0) is 9.59 Å². The number of rotatable bonds is 7. The predicted octanol–water partition coefficient (Wildman–Crippen LogP) is 2.60. The van der Waals surface area contributed by atoms with Gasteiger partial charge in [-0.1, -0.05) is 23.7 Å². The molecule has 1 aliphatic rings. The molecule has 1 fully saturated rings. The Kier molecular flexibility index (Phi) is 7.89. The van der Waals surface area contributed by atoms with Gasteiger partial charge in [0.1, 0.15) is 23.3 Å². The summed E-state index contributed by atoms with van der Waals surface area (Å²) in [5.74, 6) is -1.40. The van der Waals surface area contributed by atoms with Gasteiger partial charge in [-0.2, -0.15) is 0 Å². The Hall–Kier alpha value is -3.76. The molecule has 194 valence electrons. The van der Waals surface area contributed by atoms with Gasteiger partial charge in [-0.15, -0.1) is 0 Å². The van der Waals surface area contributed by atoms with E-state index in [4.69, 9.17) is 16.3 Å². The summed E-state index contributed by atoms with van der Waals surface area (Å²) in [6.45, 7) is 1.33. The van der Waals surface area contributed by atoms with Crippen LogP contribution in [0.1, 0.15) is 35.4 Å². The van der Waals surface area contributed by atoms with Crippen molar-refractivity contribution in [3.05, 3.63) is 70.6 Å². The zero-order chi connectivity index (χ0) is 26.7. The lowest BCUT2D eigenvalue weighted by atomic mass is 10.1. The normalized spacial score (nSPS) is 17.9. The van der Waals surface area contributed by atoms with Crippen LogP contribution in [0.2, 0.25) is 5.02 Å². The molecule has 11 heteroatoms. The minimum Gasteiger partial charge on any atom is -0.497 e. The fourth-order valence-corrected chi connectivity index (χ4v) is 4.62. The molecular formula is C26H26ClFN4O5. The highest BCUT2D eigenvalue weighted by Crippen LogP contribution is 2.28. The molecular weight excluding hydrogens is 503 g/mol. The minimum atomic E-state index is -0.910. The standard InChI is InChI=1S/C26H26ClFN4O5/c1-14(19-6-5-18(37-2)11-20(19)27)30-26(36)23-10-17(33)13-32(23)24(34)12-29-25(35)22-7-3-15-9-16(28)4-8-21(15)31-22/h3-9,11,14,17,23,33H,10,12-13H2,1-2H3,(H,29,35)(H,30,36). The number of nitrogens with zero attached hydrogens (tertiary/aromatic N) is 2. The first-order valence-electron chi connectivity index (χ1n) is 11.6. The van der Waals surface area contributed by atoms with Crippen LogP contribution in [0, 0.1) is 5.82 Å². The molecule has 37 heavy (non-hydrogen) atoms. The number of amides is 3. The van der Waals surface area contributed by atoms with Crippen molar-refractivity contribution in [1.29, 1.82) is 0 Å². The third-order valence-electron chi connectivity index (χ3n) is 6.22. The van der Waals surface area contributed by atoms with Crippen molar-refractivity contribution in [3.63, 3.8) is 0 Å². The van der Waals surface area contributed by atoms with E-state index in [0.29, 0.717) is 27.2 Å². The average Bonchev–Trinajstić information content (AvgIpc) is 3.28. The number of aromatic nitrogens is 1. The summed E-state index contributed by atoms with van der Waals surface area (Å²) in [5, 5.41) is 16.5. The van der Waals surface area contributed by atoms with Gasteiger partial charge >= 0.3 is 0 Å². The SMILES string of the molecule is COc1ccc(C(C)NC(=O)C2CC(O)CN2C(=O)CNC(=O)c2ccc3cc(F)ccc3n2)c(Cl)c1. The van der Waals surface area contributed by atoms with Gasteiger partial charge < -0.3 is 25.4 Å². The molecule has 0 spiro atoms. The summed E-state index contributed by atoms with van der Waals surface area (Å²) >= 11 is 6.31. The van der Waals surface area contributed by atoms with Gasteiger partial charge in [-0.25, -0.2) is 9.37 Å². The molecule has 4 rings (SSSR count). The molecule has 0 bridgehead atoms. The molecule has 0 saturated carbocycles. The smallest absolute Gasteiger partial charge is 0.270 e. The van der Waals surface area contributed by atoms with Crippen LogP contribution in [0.25, 0.3) is 10.9 Å². The number of hydrogen-bond acceptors (Lipinski definition) is 6. The maximum Gasteiger partial charge on any atom is 0.270 e. The molecule has 0 aliphatic carbocycles. The van der Waals surface area contributed by atoms with Crippen LogP contribution < -0.4 is 15.4 Å². The first-order valence-corrected chi connectivity index (χ1v) is 12.0. The number of carbonyl (C=O) groups excluding carboxylic acids is 3. The van der Waals surface area contributed by atoms with E-state index in [1.165, 1.54) is 36.3 Å². The van der Waals surface area contributed by atoms with Gasteiger partial charge in [-0.05, 0) is 48.9 Å². The van der Waals surface area contributed by atoms with E-state index in [9.17, 15) is 23.9 Å². The number of aliphatic hydroxyl groups is 1. The lowest BCUT2D eigenvalue weighted by molar-refractivity contribution is -0.138. The van der Waals surface area contributed by atoms with Gasteiger partial charge in [0.05, 0.1) is 31.3 Å². The summed E-state index contributed by atoms with van der Waals surface area (Å²) in [5.41, 5.74) is 1.17. The average molecular weight is 529 g/mol. The number of nitrogens with one attached hydrogen (secondary N) is 2. The minimum absolute atomic E-state index is 0.0374. The predicted molar refractivity (Wildman–Crippen MR) is 135 cm³/mol. The fourth-order valence-electron chi connectivity index (χ4n) is 4.28. The van der Waals surface area contributed by atoms with E-state index in [1.54, 1.807) is 31.2 Å². The Bertz CT molecular complexity index is 1350. The number of β-amino-alcohol motifs (C(OH)–C–C–N with tert-alkyl or cyclic N) is 1. The van der Waals surface area contributed by atoms with Gasteiger partial charge in [0.25, 0.3) is 5.91 Å². The first-order chi connectivity index (χ1) is 17.7. The van der Waals surface area contributed by atoms with E-state index >= 15 is 0 Å². The van der Waals surface area contributed by atoms with Gasteiger partial charge in [0.2, 0.25) is 11.8 Å². The maximum atomic E-state index is 13.4. The summed E-state index contributed by atoms with van der Waals surface area (Å²) in [7, 11) is 1.52. The summed E-state index contributed by atoms with van der Waals surface area (Å²) < 4.78 is 18.5. The number of pyridine rings is 1. The third-order valence-corrected chi connectivity index (χ3v) is 6.55. The molecule has 3 aromatic rings. The molecule has 2 heterocycles. The summed E-state index contributed by atoms with van der Waals surface area (Å²) in [4.78, 5) is 43.9. The Morgan fingerprint density at radius 1 is 1.22 bits per heavy atom. The molecule has 2 aromatic carbocycles. The molecule has 9 nitrogen and oxygen atoms in total. The van der Waals surface area contributed by atoms with Crippen molar-refractivity contribution in [2.75, 3.05) is 20.2 Å². The Morgan fingerprint density at radius 2 is 2.00 bits per heavy atom. The van der Waals surface area contributed by atoms with Crippen LogP contribution in [0.3, 0.4) is 0 Å². The van der Waals surface area contributed by atoms with Crippen molar-refractivity contribution < 1.29 is 28.6 Å². The van der Waals surface area contributed by atoms with Gasteiger partial charge in [-0.3, -0.25) is 14.4 Å². The number of aliphatic hydroxyl groups excluding tert-OH is 1. The molecule has 3 N–H and O–H groups in total. The number of hydrogen-bond donors (Lipinski definition) is 3. The number of ether oxygens (including phenoxy) is 1. The van der Waals surface area contributed by atoms with Crippen molar-refractivity contribution in [1.82, 2.24) is 20.5 Å². The number of methoxy groups -OCH3 is 1. The van der Waals surface area contributed by atoms with Crippen molar-refractivity contribution in [3.8, 4) is 5.75 Å². The monoisotopic (exact) mass is 528 g/mol. The number of halogens is 2. The second kappa shape index (κ2) is 11.1. The number of benzene rings is 2. The largest absolute Gasteiger partial charge is 0.497 e. The molecule has 3 amide bonds. The number of carbonyl (C=O) groups is 3. The first kappa shape index (κ1) is 26.3. The van der Waals surface area contributed by atoms with E-state index in [-0.39, 0.29) is 18.7 Å². The van der Waals surface area contributed by atoms with E-state index < -0.39 is 48.3 Å². The Balaban J connectivity index is 1.38. The molecule has 0 radical (unpaired) electrons. The summed E-state index contributed by atoms with van der Waals surface area (Å²) in [6, 6.07) is 10.7. The highest BCUT2D eigenvalue weighted by atomic mass is 35.5. The Labute approximate surface area is 217 Å². The number of likely N-dealkylation sites (tertiary alicyclic amines) is 1. The van der Waals surface area contributed by atoms with E-state index in [1.807, 2.05) is 0 Å².